The number of rotatable bonds is 1. The van der Waals surface area contributed by atoms with Gasteiger partial charge in [-0.3, -0.25) is 0 Å². The largest absolute Gasteiger partial charge is 0.488 e. The SMILES string of the molecule is NS(=O)(=O)c1ccc2c(c1)C1CCNCC1O2.Nc1ccc(Cl)cc1Cl. The molecule has 1 fully saturated rings. The topological polar surface area (TPSA) is 107 Å². The van der Waals surface area contributed by atoms with Crippen LogP contribution in [-0.2, 0) is 10.0 Å². The molecule has 0 bridgehead atoms. The smallest absolute Gasteiger partial charge is 0.238 e. The summed E-state index contributed by atoms with van der Waals surface area (Å²) >= 11 is 11.2. The van der Waals surface area contributed by atoms with E-state index >= 15 is 0 Å². The molecule has 140 valence electrons. The lowest BCUT2D eigenvalue weighted by Crippen LogP contribution is -2.39. The van der Waals surface area contributed by atoms with Gasteiger partial charge in [0, 0.05) is 23.0 Å². The molecule has 9 heteroatoms. The van der Waals surface area contributed by atoms with E-state index in [-0.39, 0.29) is 16.9 Å². The number of hydrogen-bond donors (Lipinski definition) is 3. The van der Waals surface area contributed by atoms with Gasteiger partial charge in [0.25, 0.3) is 0 Å². The van der Waals surface area contributed by atoms with Crippen molar-refractivity contribution < 1.29 is 13.2 Å². The van der Waals surface area contributed by atoms with Crippen molar-refractivity contribution in [1.29, 1.82) is 0 Å². The second kappa shape index (κ2) is 7.62. The lowest BCUT2D eigenvalue weighted by atomic mass is 9.90. The third-order valence-electron chi connectivity index (χ3n) is 4.38. The number of halogens is 2. The summed E-state index contributed by atoms with van der Waals surface area (Å²) < 4.78 is 28.4. The molecule has 6 nitrogen and oxygen atoms in total. The van der Waals surface area contributed by atoms with Crippen LogP contribution in [-0.4, -0.2) is 27.6 Å². The zero-order valence-electron chi connectivity index (χ0n) is 13.8. The summed E-state index contributed by atoms with van der Waals surface area (Å²) in [6.07, 6.45) is 1.08. The summed E-state index contributed by atoms with van der Waals surface area (Å²) in [6, 6.07) is 9.83. The van der Waals surface area contributed by atoms with E-state index in [1.807, 2.05) is 0 Å². The van der Waals surface area contributed by atoms with E-state index in [0.717, 1.165) is 30.8 Å². The summed E-state index contributed by atoms with van der Waals surface area (Å²) in [5, 5.41) is 9.51. The van der Waals surface area contributed by atoms with Crippen LogP contribution in [0, 0.1) is 0 Å². The number of anilines is 1. The molecule has 2 aliphatic rings. The summed E-state index contributed by atoms with van der Waals surface area (Å²) in [4.78, 5) is 0.166. The summed E-state index contributed by atoms with van der Waals surface area (Å²) in [5.41, 5.74) is 6.93. The van der Waals surface area contributed by atoms with E-state index < -0.39 is 10.0 Å². The molecule has 0 radical (unpaired) electrons. The van der Waals surface area contributed by atoms with Gasteiger partial charge in [0.15, 0.2) is 0 Å². The second-order valence-electron chi connectivity index (χ2n) is 6.17. The quantitative estimate of drug-likeness (QED) is 0.620. The van der Waals surface area contributed by atoms with Crippen molar-refractivity contribution in [3.8, 4) is 5.75 Å². The highest BCUT2D eigenvalue weighted by molar-refractivity contribution is 7.89. The molecular formula is C17H19Cl2N3O3S. The molecule has 2 atom stereocenters. The predicted molar refractivity (Wildman–Crippen MR) is 103 cm³/mol. The minimum Gasteiger partial charge on any atom is -0.488 e. The number of ether oxygens (including phenoxy) is 1. The first kappa shape index (κ1) is 19.3. The van der Waals surface area contributed by atoms with Gasteiger partial charge in [-0.2, -0.15) is 0 Å². The maximum absolute atomic E-state index is 11.3. The highest BCUT2D eigenvalue weighted by Gasteiger charge is 2.36. The number of nitrogen functional groups attached to an aromatic ring is 1. The molecule has 4 rings (SSSR count). The van der Waals surface area contributed by atoms with Crippen LogP contribution in [0.5, 0.6) is 5.75 Å². The molecule has 0 aliphatic carbocycles. The molecule has 0 spiro atoms. The third-order valence-corrected chi connectivity index (χ3v) is 5.85. The first-order chi connectivity index (χ1) is 12.3. The van der Waals surface area contributed by atoms with E-state index in [2.05, 4.69) is 5.32 Å². The number of nitrogens with one attached hydrogen (secondary N) is 1. The van der Waals surface area contributed by atoms with Gasteiger partial charge in [0.05, 0.1) is 15.6 Å². The van der Waals surface area contributed by atoms with Crippen molar-refractivity contribution in [2.75, 3.05) is 18.8 Å². The molecule has 2 aromatic carbocycles. The molecule has 2 aromatic rings. The monoisotopic (exact) mass is 415 g/mol. The number of sulfonamides is 1. The van der Waals surface area contributed by atoms with Crippen molar-refractivity contribution in [1.82, 2.24) is 5.32 Å². The molecule has 2 heterocycles. The molecule has 0 aromatic heterocycles. The van der Waals surface area contributed by atoms with Crippen LogP contribution < -0.4 is 20.9 Å². The van der Waals surface area contributed by atoms with E-state index in [1.54, 1.807) is 30.3 Å². The maximum Gasteiger partial charge on any atom is 0.238 e. The van der Waals surface area contributed by atoms with Crippen LogP contribution >= 0.6 is 23.2 Å². The van der Waals surface area contributed by atoms with Gasteiger partial charge in [-0.15, -0.1) is 0 Å². The molecule has 1 saturated heterocycles. The zero-order valence-corrected chi connectivity index (χ0v) is 16.1. The van der Waals surface area contributed by atoms with Crippen molar-refractivity contribution >= 4 is 38.9 Å². The molecule has 0 amide bonds. The van der Waals surface area contributed by atoms with Crippen molar-refractivity contribution in [3.05, 3.63) is 52.0 Å². The average molecular weight is 416 g/mol. The molecule has 2 aliphatic heterocycles. The van der Waals surface area contributed by atoms with Gasteiger partial charge in [-0.1, -0.05) is 23.2 Å². The fourth-order valence-electron chi connectivity index (χ4n) is 3.07. The number of nitrogens with two attached hydrogens (primary N) is 2. The lowest BCUT2D eigenvalue weighted by molar-refractivity contribution is 0.177. The maximum atomic E-state index is 11.3. The van der Waals surface area contributed by atoms with Crippen LogP contribution in [0.25, 0.3) is 0 Å². The van der Waals surface area contributed by atoms with Gasteiger partial charge in [0.1, 0.15) is 11.9 Å². The van der Waals surface area contributed by atoms with Gasteiger partial charge in [0.2, 0.25) is 10.0 Å². The summed E-state index contributed by atoms with van der Waals surface area (Å²) in [5.74, 6) is 1.07. The third kappa shape index (κ3) is 4.24. The van der Waals surface area contributed by atoms with E-state index in [0.29, 0.717) is 15.7 Å². The number of fused-ring (bicyclic) bond motifs is 3. The molecule has 0 saturated carbocycles. The first-order valence-corrected chi connectivity index (χ1v) is 10.3. The number of benzene rings is 2. The van der Waals surface area contributed by atoms with Gasteiger partial charge >= 0.3 is 0 Å². The fourth-order valence-corrected chi connectivity index (χ4v) is 4.03. The Labute approximate surface area is 162 Å². The van der Waals surface area contributed by atoms with Gasteiger partial charge in [-0.05, 0) is 49.4 Å². The molecule has 5 N–H and O–H groups in total. The van der Waals surface area contributed by atoms with Crippen LogP contribution in [0.15, 0.2) is 41.3 Å². The molecule has 26 heavy (non-hydrogen) atoms. The Morgan fingerprint density at radius 3 is 2.58 bits per heavy atom. The Hall–Kier alpha value is -1.51. The Bertz CT molecular complexity index is 921. The van der Waals surface area contributed by atoms with E-state index in [4.69, 9.17) is 38.8 Å². The standard InChI is InChI=1S/C11H14N2O3S.C6H5Cl2N/c12-17(14,15)7-1-2-10-9(5-7)8-3-4-13-6-11(8)16-10;7-4-1-2-6(9)5(8)3-4/h1-2,5,8,11,13H,3-4,6H2,(H2,12,14,15);1-3H,9H2. The van der Waals surface area contributed by atoms with Crippen molar-refractivity contribution in [2.45, 2.75) is 23.3 Å². The van der Waals surface area contributed by atoms with Crippen LogP contribution in [0.3, 0.4) is 0 Å². The van der Waals surface area contributed by atoms with Crippen LogP contribution in [0.1, 0.15) is 17.9 Å². The van der Waals surface area contributed by atoms with E-state index in [1.165, 1.54) is 6.07 Å². The fraction of sp³-hybridized carbons (Fsp3) is 0.294. The first-order valence-electron chi connectivity index (χ1n) is 8.00. The van der Waals surface area contributed by atoms with Crippen molar-refractivity contribution in [2.24, 2.45) is 5.14 Å². The van der Waals surface area contributed by atoms with Gasteiger partial charge < -0.3 is 15.8 Å². The van der Waals surface area contributed by atoms with Crippen molar-refractivity contribution in [3.63, 3.8) is 0 Å². The minimum absolute atomic E-state index is 0.120. The normalized spacial score (nSPS) is 21.0. The Kier molecular flexibility index (Phi) is 5.64. The Balaban J connectivity index is 0.000000185. The number of primary sulfonamides is 1. The molecule has 2 unspecified atom stereocenters. The highest BCUT2D eigenvalue weighted by Crippen LogP contribution is 2.42. The highest BCUT2D eigenvalue weighted by atomic mass is 35.5. The summed E-state index contributed by atoms with van der Waals surface area (Å²) in [7, 11) is -3.63. The summed E-state index contributed by atoms with van der Waals surface area (Å²) in [6.45, 7) is 1.74. The van der Waals surface area contributed by atoms with E-state index in [9.17, 15) is 8.42 Å². The lowest BCUT2D eigenvalue weighted by Gasteiger charge is -2.24. The van der Waals surface area contributed by atoms with Crippen LogP contribution in [0.4, 0.5) is 5.69 Å². The average Bonchev–Trinajstić information content (AvgIpc) is 2.96. The Morgan fingerprint density at radius 1 is 1.15 bits per heavy atom. The zero-order chi connectivity index (χ0) is 18.9. The molecular weight excluding hydrogens is 397 g/mol. The minimum atomic E-state index is -3.63. The number of piperidine rings is 1. The second-order valence-corrected chi connectivity index (χ2v) is 8.57. The predicted octanol–water partition coefficient (Wildman–Crippen LogP) is 2.75. The number of hydrogen-bond acceptors (Lipinski definition) is 5. The Morgan fingerprint density at radius 2 is 1.92 bits per heavy atom. The van der Waals surface area contributed by atoms with Crippen LogP contribution in [0.2, 0.25) is 10.0 Å². The van der Waals surface area contributed by atoms with Gasteiger partial charge in [-0.25, -0.2) is 13.6 Å².